The Labute approximate surface area is 113 Å². The lowest BCUT2D eigenvalue weighted by molar-refractivity contribution is 0.575. The maximum atomic E-state index is 5.98. The molecule has 18 heavy (non-hydrogen) atoms. The summed E-state index contributed by atoms with van der Waals surface area (Å²) in [6.07, 6.45) is 0. The van der Waals surface area contributed by atoms with Crippen molar-refractivity contribution in [2.24, 2.45) is 0 Å². The number of halogens is 1. The smallest absolute Gasteiger partial charge is 0.0409 e. The van der Waals surface area contributed by atoms with Crippen molar-refractivity contribution >= 4 is 17.3 Å². The van der Waals surface area contributed by atoms with E-state index in [0.29, 0.717) is 0 Å². The van der Waals surface area contributed by atoms with Gasteiger partial charge in [-0.15, -0.1) is 0 Å². The predicted molar refractivity (Wildman–Crippen MR) is 77.6 cm³/mol. The first-order valence-corrected chi connectivity index (χ1v) is 6.37. The van der Waals surface area contributed by atoms with Crippen LogP contribution >= 0.6 is 11.6 Å². The Hall–Kier alpha value is -1.51. The van der Waals surface area contributed by atoms with Crippen LogP contribution in [0.2, 0.25) is 5.02 Å². The van der Waals surface area contributed by atoms with E-state index in [1.54, 1.807) is 0 Å². The van der Waals surface area contributed by atoms with Gasteiger partial charge in [-0.3, -0.25) is 0 Å². The second-order valence-electron chi connectivity index (χ2n) is 4.36. The number of hydrogen-bond acceptors (Lipinski definition) is 2. The zero-order valence-electron chi connectivity index (χ0n) is 10.4. The van der Waals surface area contributed by atoms with Gasteiger partial charge >= 0.3 is 0 Å². The Morgan fingerprint density at radius 1 is 1.17 bits per heavy atom. The number of nitrogens with one attached hydrogen (secondary N) is 1. The molecular weight excluding hydrogens is 244 g/mol. The Morgan fingerprint density at radius 2 is 1.94 bits per heavy atom. The first-order valence-electron chi connectivity index (χ1n) is 5.99. The van der Waals surface area contributed by atoms with Gasteiger partial charge in [-0.2, -0.15) is 0 Å². The molecule has 0 fully saturated rings. The number of hydrogen-bond donors (Lipinski definition) is 2. The van der Waals surface area contributed by atoms with Crippen LogP contribution in [0.3, 0.4) is 0 Å². The van der Waals surface area contributed by atoms with Gasteiger partial charge in [0.25, 0.3) is 0 Å². The van der Waals surface area contributed by atoms with Crippen molar-refractivity contribution in [3.05, 3.63) is 64.7 Å². The molecule has 0 bridgehead atoms. The van der Waals surface area contributed by atoms with Crippen molar-refractivity contribution in [2.75, 3.05) is 5.73 Å². The van der Waals surface area contributed by atoms with Crippen molar-refractivity contribution in [1.82, 2.24) is 5.32 Å². The van der Waals surface area contributed by atoms with Gasteiger partial charge in [-0.1, -0.05) is 41.9 Å². The van der Waals surface area contributed by atoms with Crippen molar-refractivity contribution < 1.29 is 0 Å². The number of rotatable bonds is 4. The highest BCUT2D eigenvalue weighted by Gasteiger charge is 2.06. The molecule has 0 saturated carbocycles. The zero-order chi connectivity index (χ0) is 13.0. The van der Waals surface area contributed by atoms with E-state index >= 15 is 0 Å². The van der Waals surface area contributed by atoms with Crippen LogP contribution < -0.4 is 11.1 Å². The molecule has 94 valence electrons. The van der Waals surface area contributed by atoms with Crippen molar-refractivity contribution in [3.63, 3.8) is 0 Å². The molecule has 0 amide bonds. The molecule has 2 aromatic rings. The number of para-hydroxylation sites is 1. The molecule has 0 heterocycles. The quantitative estimate of drug-likeness (QED) is 0.822. The van der Waals surface area contributed by atoms with E-state index in [1.807, 2.05) is 42.5 Å². The third kappa shape index (κ3) is 3.25. The second kappa shape index (κ2) is 5.89. The van der Waals surface area contributed by atoms with E-state index in [1.165, 1.54) is 5.56 Å². The van der Waals surface area contributed by atoms with E-state index in [-0.39, 0.29) is 6.04 Å². The molecule has 0 aliphatic heterocycles. The summed E-state index contributed by atoms with van der Waals surface area (Å²) in [6.45, 7) is 2.87. The number of anilines is 1. The summed E-state index contributed by atoms with van der Waals surface area (Å²) in [6, 6.07) is 16.0. The predicted octanol–water partition coefficient (Wildman–Crippen LogP) is 3.77. The molecule has 0 unspecified atom stereocenters. The van der Waals surface area contributed by atoms with Crippen LogP contribution in [-0.4, -0.2) is 0 Å². The third-order valence-electron chi connectivity index (χ3n) is 3.00. The summed E-state index contributed by atoms with van der Waals surface area (Å²) >= 11 is 5.98. The minimum Gasteiger partial charge on any atom is -0.398 e. The van der Waals surface area contributed by atoms with Crippen LogP contribution in [0.15, 0.2) is 48.5 Å². The molecule has 0 radical (unpaired) electrons. The number of nitrogen functional groups attached to an aromatic ring is 1. The van der Waals surface area contributed by atoms with Crippen LogP contribution in [0.1, 0.15) is 24.1 Å². The van der Waals surface area contributed by atoms with Gasteiger partial charge < -0.3 is 11.1 Å². The van der Waals surface area contributed by atoms with Gasteiger partial charge in [0, 0.05) is 23.3 Å². The lowest BCUT2D eigenvalue weighted by Crippen LogP contribution is -2.18. The standard InChI is InChI=1S/C15H17ClN2/c1-11(12-6-4-7-14(16)9-12)18-10-13-5-2-3-8-15(13)17/h2-9,11,18H,10,17H2,1H3/t11-/m0/s1. The molecule has 3 heteroatoms. The largest absolute Gasteiger partial charge is 0.398 e. The van der Waals surface area contributed by atoms with E-state index in [4.69, 9.17) is 17.3 Å². The maximum absolute atomic E-state index is 5.98. The van der Waals surface area contributed by atoms with Crippen LogP contribution in [0, 0.1) is 0 Å². The lowest BCUT2D eigenvalue weighted by Gasteiger charge is -2.15. The molecule has 0 aliphatic carbocycles. The van der Waals surface area contributed by atoms with Gasteiger partial charge in [0.15, 0.2) is 0 Å². The number of benzene rings is 2. The topological polar surface area (TPSA) is 38.0 Å². The van der Waals surface area contributed by atoms with E-state index in [0.717, 1.165) is 22.8 Å². The molecular formula is C15H17ClN2. The summed E-state index contributed by atoms with van der Waals surface area (Å²) in [4.78, 5) is 0. The Kier molecular flexibility index (Phi) is 4.24. The van der Waals surface area contributed by atoms with Crippen LogP contribution in [0.5, 0.6) is 0 Å². The van der Waals surface area contributed by atoms with Crippen molar-refractivity contribution in [3.8, 4) is 0 Å². The van der Waals surface area contributed by atoms with Gasteiger partial charge in [0.05, 0.1) is 0 Å². The fraction of sp³-hybridized carbons (Fsp3) is 0.200. The zero-order valence-corrected chi connectivity index (χ0v) is 11.1. The summed E-state index contributed by atoms with van der Waals surface area (Å²) < 4.78 is 0. The fourth-order valence-electron chi connectivity index (χ4n) is 1.85. The molecule has 2 nitrogen and oxygen atoms in total. The van der Waals surface area contributed by atoms with Crippen molar-refractivity contribution in [1.29, 1.82) is 0 Å². The summed E-state index contributed by atoms with van der Waals surface area (Å²) in [5.41, 5.74) is 9.03. The highest BCUT2D eigenvalue weighted by molar-refractivity contribution is 6.30. The minimum atomic E-state index is 0.239. The van der Waals surface area contributed by atoms with Crippen LogP contribution in [0.25, 0.3) is 0 Å². The molecule has 2 rings (SSSR count). The molecule has 3 N–H and O–H groups in total. The lowest BCUT2D eigenvalue weighted by atomic mass is 10.1. The Morgan fingerprint density at radius 3 is 2.67 bits per heavy atom. The molecule has 0 aliphatic rings. The number of nitrogens with two attached hydrogens (primary N) is 1. The summed E-state index contributed by atoms with van der Waals surface area (Å²) in [7, 11) is 0. The van der Waals surface area contributed by atoms with Gasteiger partial charge in [-0.25, -0.2) is 0 Å². The first-order chi connectivity index (χ1) is 8.66. The SMILES string of the molecule is C[C@H](NCc1ccccc1N)c1cccc(Cl)c1. The third-order valence-corrected chi connectivity index (χ3v) is 3.24. The molecule has 0 spiro atoms. The second-order valence-corrected chi connectivity index (χ2v) is 4.79. The maximum Gasteiger partial charge on any atom is 0.0409 e. The Balaban J connectivity index is 2.00. The summed E-state index contributed by atoms with van der Waals surface area (Å²) in [5.74, 6) is 0. The van der Waals surface area contributed by atoms with Gasteiger partial charge in [-0.05, 0) is 36.2 Å². The van der Waals surface area contributed by atoms with Gasteiger partial charge in [0.1, 0.15) is 0 Å². The van der Waals surface area contributed by atoms with E-state index < -0.39 is 0 Å². The van der Waals surface area contributed by atoms with E-state index in [9.17, 15) is 0 Å². The van der Waals surface area contributed by atoms with Gasteiger partial charge in [0.2, 0.25) is 0 Å². The molecule has 0 aromatic heterocycles. The van der Waals surface area contributed by atoms with Crippen LogP contribution in [-0.2, 0) is 6.54 Å². The average Bonchev–Trinajstić information content (AvgIpc) is 2.37. The molecule has 0 saturated heterocycles. The monoisotopic (exact) mass is 260 g/mol. The average molecular weight is 261 g/mol. The highest BCUT2D eigenvalue weighted by atomic mass is 35.5. The molecule has 1 atom stereocenters. The van der Waals surface area contributed by atoms with Crippen molar-refractivity contribution in [2.45, 2.75) is 19.5 Å². The van der Waals surface area contributed by atoms with Crippen LogP contribution in [0.4, 0.5) is 5.69 Å². The summed E-state index contributed by atoms with van der Waals surface area (Å²) in [5, 5.41) is 4.21. The Bertz CT molecular complexity index is 525. The first kappa shape index (κ1) is 12.9. The van der Waals surface area contributed by atoms with E-state index in [2.05, 4.69) is 18.3 Å². The normalized spacial score (nSPS) is 12.3. The molecule has 2 aromatic carbocycles. The minimum absolute atomic E-state index is 0.239. The highest BCUT2D eigenvalue weighted by Crippen LogP contribution is 2.18. The fourth-order valence-corrected chi connectivity index (χ4v) is 2.05.